The van der Waals surface area contributed by atoms with E-state index in [1.165, 1.54) is 32.1 Å². The second kappa shape index (κ2) is 7.28. The van der Waals surface area contributed by atoms with Crippen LogP contribution in [0.25, 0.3) is 0 Å². The molecule has 0 saturated heterocycles. The number of carbonyl (C=O) groups is 1. The molecule has 3 nitrogen and oxygen atoms in total. The maximum atomic E-state index is 12.2. The third kappa shape index (κ3) is 4.48. The molecular formula is C16H29NO2. The number of amides is 1. The van der Waals surface area contributed by atoms with Crippen molar-refractivity contribution in [3.8, 4) is 0 Å². The molecule has 2 saturated carbocycles. The van der Waals surface area contributed by atoms with Gasteiger partial charge in [-0.1, -0.05) is 26.2 Å². The van der Waals surface area contributed by atoms with Crippen LogP contribution in [0.15, 0.2) is 0 Å². The standard InChI is InChI=1S/C16H29NO2/c1-13-8-10-14(11-9-13)17(2)16(18)12-19-15-6-4-3-5-7-15/h13-15H,3-12H2,1-2H3. The van der Waals surface area contributed by atoms with Crippen LogP contribution in [0.3, 0.4) is 0 Å². The lowest BCUT2D eigenvalue weighted by atomic mass is 9.87. The van der Waals surface area contributed by atoms with Gasteiger partial charge in [0.25, 0.3) is 0 Å². The summed E-state index contributed by atoms with van der Waals surface area (Å²) >= 11 is 0. The Labute approximate surface area is 117 Å². The molecular weight excluding hydrogens is 238 g/mol. The highest BCUT2D eigenvalue weighted by atomic mass is 16.5. The van der Waals surface area contributed by atoms with E-state index in [2.05, 4.69) is 6.92 Å². The van der Waals surface area contributed by atoms with Gasteiger partial charge in [-0.15, -0.1) is 0 Å². The number of carbonyl (C=O) groups excluding carboxylic acids is 1. The normalized spacial score (nSPS) is 29.2. The van der Waals surface area contributed by atoms with Gasteiger partial charge in [-0.25, -0.2) is 0 Å². The van der Waals surface area contributed by atoms with E-state index in [0.717, 1.165) is 31.6 Å². The van der Waals surface area contributed by atoms with Crippen LogP contribution in [-0.2, 0) is 9.53 Å². The van der Waals surface area contributed by atoms with E-state index >= 15 is 0 Å². The molecule has 0 aromatic rings. The zero-order valence-electron chi connectivity index (χ0n) is 12.6. The van der Waals surface area contributed by atoms with E-state index in [4.69, 9.17) is 4.74 Å². The zero-order valence-corrected chi connectivity index (χ0v) is 12.6. The van der Waals surface area contributed by atoms with Gasteiger partial charge in [-0.3, -0.25) is 4.79 Å². The van der Waals surface area contributed by atoms with Gasteiger partial charge in [0.15, 0.2) is 0 Å². The highest BCUT2D eigenvalue weighted by molar-refractivity contribution is 5.77. The number of hydrogen-bond acceptors (Lipinski definition) is 2. The number of nitrogens with zero attached hydrogens (tertiary/aromatic N) is 1. The molecule has 3 heteroatoms. The fourth-order valence-corrected chi connectivity index (χ4v) is 3.36. The van der Waals surface area contributed by atoms with E-state index in [-0.39, 0.29) is 12.5 Å². The molecule has 0 aliphatic heterocycles. The number of likely N-dealkylation sites (N-methyl/N-ethyl adjacent to an activating group) is 1. The van der Waals surface area contributed by atoms with Crippen molar-refractivity contribution >= 4 is 5.91 Å². The Kier molecular flexibility index (Phi) is 5.68. The van der Waals surface area contributed by atoms with Gasteiger partial charge in [-0.05, 0) is 44.4 Å². The van der Waals surface area contributed by atoms with Crippen molar-refractivity contribution in [2.24, 2.45) is 5.92 Å². The van der Waals surface area contributed by atoms with E-state index in [9.17, 15) is 4.79 Å². The second-order valence-electron chi connectivity index (χ2n) is 6.49. The molecule has 2 aliphatic rings. The average Bonchev–Trinajstić information content (AvgIpc) is 2.46. The maximum absolute atomic E-state index is 12.2. The summed E-state index contributed by atoms with van der Waals surface area (Å²) in [7, 11) is 1.95. The van der Waals surface area contributed by atoms with Crippen molar-refractivity contribution in [1.29, 1.82) is 0 Å². The van der Waals surface area contributed by atoms with Crippen LogP contribution in [0.4, 0.5) is 0 Å². The summed E-state index contributed by atoms with van der Waals surface area (Å²) in [5, 5.41) is 0. The Morgan fingerprint density at radius 3 is 2.32 bits per heavy atom. The smallest absolute Gasteiger partial charge is 0.248 e. The lowest BCUT2D eigenvalue weighted by Crippen LogP contribution is -2.41. The van der Waals surface area contributed by atoms with Crippen LogP contribution in [0.2, 0.25) is 0 Å². The van der Waals surface area contributed by atoms with Gasteiger partial charge >= 0.3 is 0 Å². The molecule has 0 spiro atoms. The Balaban J connectivity index is 1.69. The Morgan fingerprint density at radius 2 is 1.68 bits per heavy atom. The van der Waals surface area contributed by atoms with Crippen molar-refractivity contribution in [1.82, 2.24) is 4.90 Å². The van der Waals surface area contributed by atoms with Gasteiger partial charge < -0.3 is 9.64 Å². The minimum Gasteiger partial charge on any atom is -0.368 e. The van der Waals surface area contributed by atoms with Crippen molar-refractivity contribution in [3.63, 3.8) is 0 Å². The van der Waals surface area contributed by atoms with Crippen LogP contribution in [0.5, 0.6) is 0 Å². The summed E-state index contributed by atoms with van der Waals surface area (Å²) in [5.41, 5.74) is 0. The number of hydrogen-bond donors (Lipinski definition) is 0. The molecule has 110 valence electrons. The minimum atomic E-state index is 0.171. The monoisotopic (exact) mass is 267 g/mol. The first-order valence-corrected chi connectivity index (χ1v) is 8.04. The molecule has 0 heterocycles. The largest absolute Gasteiger partial charge is 0.368 e. The van der Waals surface area contributed by atoms with Crippen molar-refractivity contribution in [3.05, 3.63) is 0 Å². The van der Waals surface area contributed by atoms with Crippen LogP contribution in [-0.4, -0.2) is 36.6 Å². The molecule has 19 heavy (non-hydrogen) atoms. The fourth-order valence-electron chi connectivity index (χ4n) is 3.36. The molecule has 0 N–H and O–H groups in total. The van der Waals surface area contributed by atoms with E-state index < -0.39 is 0 Å². The molecule has 2 rings (SSSR count). The molecule has 0 atom stereocenters. The lowest BCUT2D eigenvalue weighted by molar-refractivity contribution is -0.140. The Bertz CT molecular complexity index is 278. The van der Waals surface area contributed by atoms with Crippen LogP contribution < -0.4 is 0 Å². The van der Waals surface area contributed by atoms with Crippen molar-refractivity contribution in [2.45, 2.75) is 76.9 Å². The van der Waals surface area contributed by atoms with Gasteiger partial charge in [-0.2, -0.15) is 0 Å². The van der Waals surface area contributed by atoms with Gasteiger partial charge in [0.1, 0.15) is 6.61 Å². The predicted molar refractivity (Wildman–Crippen MR) is 77.0 cm³/mol. The molecule has 0 aromatic carbocycles. The predicted octanol–water partition coefficient (Wildman–Crippen LogP) is 3.37. The zero-order chi connectivity index (χ0) is 13.7. The highest BCUT2D eigenvalue weighted by Gasteiger charge is 2.25. The summed E-state index contributed by atoms with van der Waals surface area (Å²) in [6.07, 6.45) is 11.3. The third-order valence-electron chi connectivity index (χ3n) is 4.92. The topological polar surface area (TPSA) is 29.5 Å². The van der Waals surface area contributed by atoms with Crippen LogP contribution >= 0.6 is 0 Å². The van der Waals surface area contributed by atoms with Gasteiger partial charge in [0.2, 0.25) is 5.91 Å². The number of rotatable bonds is 4. The fraction of sp³-hybridized carbons (Fsp3) is 0.938. The van der Waals surface area contributed by atoms with Crippen molar-refractivity contribution in [2.75, 3.05) is 13.7 Å². The van der Waals surface area contributed by atoms with Gasteiger partial charge in [0, 0.05) is 13.1 Å². The summed E-state index contributed by atoms with van der Waals surface area (Å²) in [4.78, 5) is 14.1. The molecule has 0 bridgehead atoms. The third-order valence-corrected chi connectivity index (χ3v) is 4.92. The summed E-state index contributed by atoms with van der Waals surface area (Å²) < 4.78 is 5.79. The van der Waals surface area contributed by atoms with E-state index in [1.54, 1.807) is 0 Å². The molecule has 0 radical (unpaired) electrons. The molecule has 2 fully saturated rings. The SMILES string of the molecule is CC1CCC(N(C)C(=O)COC2CCCCC2)CC1. The summed E-state index contributed by atoms with van der Waals surface area (Å²) in [6.45, 7) is 2.59. The molecule has 0 unspecified atom stereocenters. The van der Waals surface area contributed by atoms with Gasteiger partial charge in [0.05, 0.1) is 6.10 Å². The minimum absolute atomic E-state index is 0.171. The molecule has 1 amide bonds. The Hall–Kier alpha value is -0.570. The average molecular weight is 267 g/mol. The molecule has 0 aromatic heterocycles. The van der Waals surface area contributed by atoms with E-state index in [1.807, 2.05) is 11.9 Å². The maximum Gasteiger partial charge on any atom is 0.248 e. The second-order valence-corrected chi connectivity index (χ2v) is 6.49. The van der Waals surface area contributed by atoms with Crippen LogP contribution in [0.1, 0.15) is 64.7 Å². The first-order chi connectivity index (χ1) is 9.16. The van der Waals surface area contributed by atoms with Crippen LogP contribution in [0, 0.1) is 5.92 Å². The molecule has 2 aliphatic carbocycles. The highest BCUT2D eigenvalue weighted by Crippen LogP contribution is 2.26. The first kappa shape index (κ1) is 14.8. The quantitative estimate of drug-likeness (QED) is 0.781. The number of ether oxygens (including phenoxy) is 1. The van der Waals surface area contributed by atoms with Crippen molar-refractivity contribution < 1.29 is 9.53 Å². The lowest BCUT2D eigenvalue weighted by Gasteiger charge is -2.34. The first-order valence-electron chi connectivity index (χ1n) is 8.04. The van der Waals surface area contributed by atoms with E-state index in [0.29, 0.717) is 12.1 Å². The Morgan fingerprint density at radius 1 is 1.05 bits per heavy atom. The summed E-state index contributed by atoms with van der Waals surface area (Å²) in [6, 6.07) is 0.443. The summed E-state index contributed by atoms with van der Waals surface area (Å²) in [5.74, 6) is 1.00.